The first-order chi connectivity index (χ1) is 13.6. The third-order valence-corrected chi connectivity index (χ3v) is 5.00. The molecule has 1 aliphatic heterocycles. The summed E-state index contributed by atoms with van der Waals surface area (Å²) in [6, 6.07) is 17.0. The van der Waals surface area contributed by atoms with Gasteiger partial charge in [0, 0.05) is 17.3 Å². The summed E-state index contributed by atoms with van der Waals surface area (Å²) in [6.45, 7) is 0.225. The molecule has 2 aromatic carbocycles. The summed E-state index contributed by atoms with van der Waals surface area (Å²) in [4.78, 5) is 40.0. The van der Waals surface area contributed by atoms with E-state index in [0.29, 0.717) is 18.5 Å². The monoisotopic (exact) mass is 376 g/mol. The first-order valence-electron chi connectivity index (χ1n) is 9.23. The number of H-pyrrole nitrogens is 1. The van der Waals surface area contributed by atoms with Crippen LogP contribution in [0.4, 0.5) is 4.79 Å². The number of ether oxygens (including phenoxy) is 1. The lowest BCUT2D eigenvalue weighted by atomic mass is 10.0. The first-order valence-corrected chi connectivity index (χ1v) is 9.23. The molecule has 1 aliphatic rings. The van der Waals surface area contributed by atoms with Gasteiger partial charge in [0.1, 0.15) is 6.61 Å². The molecule has 1 fully saturated rings. The average Bonchev–Trinajstić information content (AvgIpc) is 3.29. The molecule has 1 saturated heterocycles. The third kappa shape index (κ3) is 3.67. The van der Waals surface area contributed by atoms with Crippen molar-refractivity contribution in [3.05, 3.63) is 71.4 Å². The Morgan fingerprint density at radius 2 is 1.96 bits per heavy atom. The maximum absolute atomic E-state index is 12.7. The Kier molecular flexibility index (Phi) is 4.93. The van der Waals surface area contributed by atoms with Crippen LogP contribution in [0.2, 0.25) is 0 Å². The van der Waals surface area contributed by atoms with Gasteiger partial charge in [-0.1, -0.05) is 36.4 Å². The van der Waals surface area contributed by atoms with Crippen molar-refractivity contribution in [1.82, 2.24) is 9.88 Å². The molecule has 1 N–H and O–H groups in total. The molecule has 0 aliphatic carbocycles. The minimum Gasteiger partial charge on any atom is -0.447 e. The zero-order valence-corrected chi connectivity index (χ0v) is 15.3. The van der Waals surface area contributed by atoms with Gasteiger partial charge in [-0.15, -0.1) is 0 Å². The van der Waals surface area contributed by atoms with E-state index in [4.69, 9.17) is 4.74 Å². The molecule has 6 heteroatoms. The van der Waals surface area contributed by atoms with Crippen LogP contribution in [0.1, 0.15) is 28.0 Å². The van der Waals surface area contributed by atoms with Gasteiger partial charge in [-0.3, -0.25) is 9.59 Å². The maximum atomic E-state index is 12.7. The second kappa shape index (κ2) is 7.68. The summed E-state index contributed by atoms with van der Waals surface area (Å²) in [5.74, 6) is -0.230. The number of aldehydes is 1. The summed E-state index contributed by atoms with van der Waals surface area (Å²) in [7, 11) is 0. The molecule has 3 aromatic rings. The summed E-state index contributed by atoms with van der Waals surface area (Å²) in [6.07, 6.45) is 1.52. The number of aryl methyl sites for hydroxylation is 1. The van der Waals surface area contributed by atoms with Crippen LogP contribution in [-0.2, 0) is 22.4 Å². The van der Waals surface area contributed by atoms with Crippen molar-refractivity contribution in [2.75, 3.05) is 6.61 Å². The van der Waals surface area contributed by atoms with E-state index in [9.17, 15) is 14.4 Å². The Morgan fingerprint density at radius 3 is 2.75 bits per heavy atom. The highest BCUT2D eigenvalue weighted by Gasteiger charge is 2.37. The number of hydrogen-bond donors (Lipinski definition) is 1. The Balaban J connectivity index is 1.43. The van der Waals surface area contributed by atoms with E-state index >= 15 is 0 Å². The molecule has 1 aromatic heterocycles. The van der Waals surface area contributed by atoms with Gasteiger partial charge in [-0.25, -0.2) is 9.69 Å². The number of hydrogen-bond acceptors (Lipinski definition) is 4. The molecule has 4 rings (SSSR count). The lowest BCUT2D eigenvalue weighted by Gasteiger charge is -2.19. The number of fused-ring (bicyclic) bond motifs is 1. The zero-order chi connectivity index (χ0) is 19.5. The summed E-state index contributed by atoms with van der Waals surface area (Å²) >= 11 is 0. The molecule has 2 amide bonds. The molecule has 0 bridgehead atoms. The lowest BCUT2D eigenvalue weighted by molar-refractivity contribution is -0.129. The van der Waals surface area contributed by atoms with E-state index < -0.39 is 6.09 Å². The number of aromatic nitrogens is 1. The van der Waals surface area contributed by atoms with Crippen LogP contribution in [0.25, 0.3) is 10.9 Å². The van der Waals surface area contributed by atoms with Gasteiger partial charge in [0.05, 0.1) is 11.7 Å². The summed E-state index contributed by atoms with van der Waals surface area (Å²) in [5.41, 5.74) is 3.44. The minimum atomic E-state index is -0.567. The number of rotatable bonds is 6. The molecule has 28 heavy (non-hydrogen) atoms. The number of imide groups is 1. The average molecular weight is 376 g/mol. The number of cyclic esters (lactones) is 1. The summed E-state index contributed by atoms with van der Waals surface area (Å²) < 4.78 is 5.13. The second-order valence-electron chi connectivity index (χ2n) is 6.95. The lowest BCUT2D eigenvalue weighted by Crippen LogP contribution is -2.40. The molecular formula is C22H20N2O4. The fraction of sp³-hybridized carbons (Fsp3) is 0.227. The van der Waals surface area contributed by atoms with Crippen molar-refractivity contribution in [1.29, 1.82) is 0 Å². The van der Waals surface area contributed by atoms with Crippen LogP contribution >= 0.6 is 0 Å². The van der Waals surface area contributed by atoms with E-state index in [1.54, 1.807) is 6.07 Å². The van der Waals surface area contributed by atoms with Crippen LogP contribution in [-0.4, -0.2) is 40.8 Å². The van der Waals surface area contributed by atoms with E-state index in [0.717, 1.165) is 28.3 Å². The van der Waals surface area contributed by atoms with Gasteiger partial charge in [0.25, 0.3) is 0 Å². The van der Waals surface area contributed by atoms with Crippen molar-refractivity contribution >= 4 is 29.2 Å². The molecule has 142 valence electrons. The molecule has 2 heterocycles. The molecule has 0 radical (unpaired) electrons. The van der Waals surface area contributed by atoms with Crippen LogP contribution in [0, 0.1) is 0 Å². The van der Waals surface area contributed by atoms with Crippen molar-refractivity contribution in [2.24, 2.45) is 0 Å². The highest BCUT2D eigenvalue weighted by atomic mass is 16.6. The number of carbonyl (C=O) groups excluding carboxylic acids is 3. The predicted molar refractivity (Wildman–Crippen MR) is 104 cm³/mol. The zero-order valence-electron chi connectivity index (χ0n) is 15.3. The molecule has 6 nitrogen and oxygen atoms in total. The number of nitrogens with one attached hydrogen (secondary N) is 1. The summed E-state index contributed by atoms with van der Waals surface area (Å²) in [5, 5.41) is 0.926. The third-order valence-electron chi connectivity index (χ3n) is 5.00. The smallest absolute Gasteiger partial charge is 0.416 e. The molecule has 1 unspecified atom stereocenters. The topological polar surface area (TPSA) is 79.5 Å². The molecule has 1 atom stereocenters. The Bertz CT molecular complexity index is 1030. The standard InChI is InChI=1S/C22H20N2O4/c25-13-18-12-17-10-16(6-8-20(17)23-18)7-9-21(26)24-19(14-28-22(24)27)11-15-4-2-1-3-5-15/h1-6,8,10,12-13,19,23H,7,9,11,14H2. The number of aromatic amines is 1. The quantitative estimate of drug-likeness (QED) is 0.668. The first kappa shape index (κ1) is 18.0. The van der Waals surface area contributed by atoms with Gasteiger partial charge in [0.15, 0.2) is 6.29 Å². The Morgan fingerprint density at radius 1 is 1.14 bits per heavy atom. The maximum Gasteiger partial charge on any atom is 0.416 e. The van der Waals surface area contributed by atoms with Gasteiger partial charge in [-0.2, -0.15) is 0 Å². The van der Waals surface area contributed by atoms with Crippen LogP contribution in [0.15, 0.2) is 54.6 Å². The highest BCUT2D eigenvalue weighted by Crippen LogP contribution is 2.21. The van der Waals surface area contributed by atoms with Crippen LogP contribution in [0.3, 0.4) is 0 Å². The van der Waals surface area contributed by atoms with E-state index in [2.05, 4.69) is 4.98 Å². The normalized spacial score (nSPS) is 16.4. The van der Waals surface area contributed by atoms with E-state index in [1.807, 2.05) is 48.5 Å². The fourth-order valence-corrected chi connectivity index (χ4v) is 3.60. The van der Waals surface area contributed by atoms with Crippen molar-refractivity contribution < 1.29 is 19.1 Å². The number of amides is 2. The van der Waals surface area contributed by atoms with Crippen LogP contribution < -0.4 is 0 Å². The van der Waals surface area contributed by atoms with E-state index in [1.165, 1.54) is 4.90 Å². The fourth-order valence-electron chi connectivity index (χ4n) is 3.60. The predicted octanol–water partition coefficient (Wildman–Crippen LogP) is 3.50. The Hall–Kier alpha value is -3.41. The minimum absolute atomic E-state index is 0.219. The van der Waals surface area contributed by atoms with Crippen molar-refractivity contribution in [3.8, 4) is 0 Å². The number of nitrogens with zero attached hydrogens (tertiary/aromatic N) is 1. The van der Waals surface area contributed by atoms with Crippen molar-refractivity contribution in [2.45, 2.75) is 25.3 Å². The Labute approximate surface area is 162 Å². The molecule has 0 saturated carbocycles. The SMILES string of the molecule is O=Cc1cc2cc(CCC(=O)N3C(=O)OCC3Cc3ccccc3)ccc2[nH]1. The van der Waals surface area contributed by atoms with Gasteiger partial charge >= 0.3 is 6.09 Å². The largest absolute Gasteiger partial charge is 0.447 e. The van der Waals surface area contributed by atoms with Gasteiger partial charge in [-0.05, 0) is 42.2 Å². The molecular weight excluding hydrogens is 356 g/mol. The van der Waals surface area contributed by atoms with Crippen LogP contribution in [0.5, 0.6) is 0 Å². The number of benzene rings is 2. The van der Waals surface area contributed by atoms with E-state index in [-0.39, 0.29) is 25.0 Å². The van der Waals surface area contributed by atoms with Crippen molar-refractivity contribution in [3.63, 3.8) is 0 Å². The second-order valence-corrected chi connectivity index (χ2v) is 6.95. The number of carbonyl (C=O) groups is 3. The van der Waals surface area contributed by atoms with Gasteiger partial charge < -0.3 is 9.72 Å². The van der Waals surface area contributed by atoms with Gasteiger partial charge in [0.2, 0.25) is 5.91 Å². The molecule has 0 spiro atoms. The highest BCUT2D eigenvalue weighted by molar-refractivity contribution is 5.94.